The maximum Gasteiger partial charge on any atom is 0.408 e. The number of alkyl carbamates (subject to hydrolysis) is 1. The number of nitrogens with one attached hydrogen (secondary N) is 2. The molecule has 0 aliphatic carbocycles. The van der Waals surface area contributed by atoms with Crippen molar-refractivity contribution in [1.29, 1.82) is 0 Å². The average molecular weight is 204 g/mol. The summed E-state index contributed by atoms with van der Waals surface area (Å²) in [6, 6.07) is 0. The molecule has 0 aromatic carbocycles. The van der Waals surface area contributed by atoms with Gasteiger partial charge in [-0.05, 0) is 20.8 Å². The Labute approximate surface area is 83.2 Å². The predicted molar refractivity (Wildman–Crippen MR) is 50.7 cm³/mol. The van der Waals surface area contributed by atoms with Crippen LogP contribution in [0.1, 0.15) is 27.2 Å². The Bertz CT molecular complexity index is 215. The third kappa shape index (κ3) is 3.91. The summed E-state index contributed by atoms with van der Waals surface area (Å²) < 4.78 is 17.7. The fraction of sp³-hybridized carbons (Fsp3) is 0.889. The zero-order chi connectivity index (χ0) is 10.8. The molecule has 1 rings (SSSR count). The van der Waals surface area contributed by atoms with Gasteiger partial charge in [0.1, 0.15) is 11.8 Å². The Morgan fingerprint density at radius 2 is 2.21 bits per heavy atom. The fourth-order valence-corrected chi connectivity index (χ4v) is 1.25. The first-order valence-electron chi connectivity index (χ1n) is 4.74. The van der Waals surface area contributed by atoms with Gasteiger partial charge in [-0.25, -0.2) is 9.18 Å². The van der Waals surface area contributed by atoms with Gasteiger partial charge in [-0.15, -0.1) is 0 Å². The van der Waals surface area contributed by atoms with Crippen molar-refractivity contribution < 1.29 is 13.9 Å². The second-order valence-corrected chi connectivity index (χ2v) is 4.44. The smallest absolute Gasteiger partial charge is 0.408 e. The highest BCUT2D eigenvalue weighted by Crippen LogP contribution is 2.10. The molecule has 1 aliphatic heterocycles. The number of carbonyl (C=O) groups is 1. The van der Waals surface area contributed by atoms with E-state index >= 15 is 0 Å². The van der Waals surface area contributed by atoms with Crippen molar-refractivity contribution in [3.63, 3.8) is 0 Å². The zero-order valence-electron chi connectivity index (χ0n) is 8.76. The van der Waals surface area contributed by atoms with Gasteiger partial charge in [-0.3, -0.25) is 5.32 Å². The predicted octanol–water partition coefficient (Wildman–Crippen LogP) is 1.17. The van der Waals surface area contributed by atoms with Crippen LogP contribution in [-0.2, 0) is 4.74 Å². The molecule has 1 amide bonds. The number of ether oxygens (including phenoxy) is 1. The minimum Gasteiger partial charge on any atom is -0.444 e. The maximum atomic E-state index is 12.7. The fourth-order valence-electron chi connectivity index (χ4n) is 1.25. The van der Waals surface area contributed by atoms with E-state index in [2.05, 4.69) is 10.6 Å². The van der Waals surface area contributed by atoms with Crippen LogP contribution in [0.15, 0.2) is 0 Å². The first kappa shape index (κ1) is 11.2. The number of hydrogen-bond acceptors (Lipinski definition) is 3. The van der Waals surface area contributed by atoms with Crippen LogP contribution < -0.4 is 10.6 Å². The summed E-state index contributed by atoms with van der Waals surface area (Å²) in [5.74, 6) is 0. The molecular formula is C9H17FN2O2. The molecule has 1 aliphatic rings. The SMILES string of the molecule is CC(C)(C)OC(=O)NC1CC(F)CN1. The molecule has 1 heterocycles. The Balaban J connectivity index is 2.27. The van der Waals surface area contributed by atoms with Crippen molar-refractivity contribution in [3.8, 4) is 0 Å². The van der Waals surface area contributed by atoms with Crippen molar-refractivity contribution in [2.45, 2.75) is 45.1 Å². The number of rotatable bonds is 1. The quantitative estimate of drug-likeness (QED) is 0.674. The van der Waals surface area contributed by atoms with E-state index in [1.165, 1.54) is 0 Å². The number of amides is 1. The van der Waals surface area contributed by atoms with Crippen LogP contribution in [0.2, 0.25) is 0 Å². The molecule has 1 saturated heterocycles. The summed E-state index contributed by atoms with van der Waals surface area (Å²) >= 11 is 0. The summed E-state index contributed by atoms with van der Waals surface area (Å²) in [7, 11) is 0. The topological polar surface area (TPSA) is 50.4 Å². The summed E-state index contributed by atoms with van der Waals surface area (Å²) in [6.07, 6.45) is -1.39. The Morgan fingerprint density at radius 3 is 2.64 bits per heavy atom. The van der Waals surface area contributed by atoms with Crippen molar-refractivity contribution in [1.82, 2.24) is 10.6 Å². The summed E-state index contributed by atoms with van der Waals surface area (Å²) in [4.78, 5) is 11.2. The van der Waals surface area contributed by atoms with Crippen LogP contribution in [0.25, 0.3) is 0 Å². The molecule has 0 aromatic rings. The number of halogens is 1. The van der Waals surface area contributed by atoms with E-state index in [1.54, 1.807) is 20.8 Å². The third-order valence-electron chi connectivity index (χ3n) is 1.77. The van der Waals surface area contributed by atoms with E-state index in [1.807, 2.05) is 0 Å². The lowest BCUT2D eigenvalue weighted by Gasteiger charge is -2.21. The Hall–Kier alpha value is -0.840. The summed E-state index contributed by atoms with van der Waals surface area (Å²) in [6.45, 7) is 5.65. The van der Waals surface area contributed by atoms with Gasteiger partial charge in [0.2, 0.25) is 0 Å². The number of carbonyl (C=O) groups excluding carboxylic acids is 1. The molecule has 1 fully saturated rings. The van der Waals surface area contributed by atoms with E-state index in [0.29, 0.717) is 13.0 Å². The monoisotopic (exact) mass is 204 g/mol. The molecule has 0 saturated carbocycles. The number of alkyl halides is 1. The van der Waals surface area contributed by atoms with Crippen LogP contribution in [0.4, 0.5) is 9.18 Å². The molecule has 2 atom stereocenters. The van der Waals surface area contributed by atoms with Gasteiger partial charge >= 0.3 is 6.09 Å². The Morgan fingerprint density at radius 1 is 1.57 bits per heavy atom. The molecule has 2 unspecified atom stereocenters. The van der Waals surface area contributed by atoms with Gasteiger partial charge in [0.25, 0.3) is 0 Å². The van der Waals surface area contributed by atoms with E-state index in [0.717, 1.165) is 0 Å². The third-order valence-corrected chi connectivity index (χ3v) is 1.77. The van der Waals surface area contributed by atoms with Gasteiger partial charge in [-0.1, -0.05) is 0 Å². The van der Waals surface area contributed by atoms with Gasteiger partial charge in [0.15, 0.2) is 0 Å². The van der Waals surface area contributed by atoms with E-state index in [4.69, 9.17) is 4.74 Å². The molecule has 0 spiro atoms. The lowest BCUT2D eigenvalue weighted by molar-refractivity contribution is 0.0499. The summed E-state index contributed by atoms with van der Waals surface area (Å²) in [5.41, 5.74) is -0.516. The van der Waals surface area contributed by atoms with Crippen LogP contribution in [0.5, 0.6) is 0 Å². The van der Waals surface area contributed by atoms with Crippen LogP contribution in [0.3, 0.4) is 0 Å². The lowest BCUT2D eigenvalue weighted by atomic mass is 10.2. The van der Waals surface area contributed by atoms with E-state index in [9.17, 15) is 9.18 Å². The van der Waals surface area contributed by atoms with Crippen molar-refractivity contribution >= 4 is 6.09 Å². The molecular weight excluding hydrogens is 187 g/mol. The van der Waals surface area contributed by atoms with Gasteiger partial charge in [0, 0.05) is 13.0 Å². The lowest BCUT2D eigenvalue weighted by Crippen LogP contribution is -2.43. The van der Waals surface area contributed by atoms with Crippen LogP contribution >= 0.6 is 0 Å². The molecule has 0 radical (unpaired) electrons. The largest absolute Gasteiger partial charge is 0.444 e. The molecule has 14 heavy (non-hydrogen) atoms. The first-order valence-corrected chi connectivity index (χ1v) is 4.74. The highest BCUT2D eigenvalue weighted by atomic mass is 19.1. The molecule has 5 heteroatoms. The molecule has 2 N–H and O–H groups in total. The maximum absolute atomic E-state index is 12.7. The van der Waals surface area contributed by atoms with Crippen molar-refractivity contribution in [3.05, 3.63) is 0 Å². The van der Waals surface area contributed by atoms with E-state index < -0.39 is 17.9 Å². The minimum absolute atomic E-state index is 0.292. The van der Waals surface area contributed by atoms with Crippen LogP contribution in [-0.4, -0.2) is 30.6 Å². The highest BCUT2D eigenvalue weighted by Gasteiger charge is 2.26. The summed E-state index contributed by atoms with van der Waals surface area (Å²) in [5, 5.41) is 5.39. The second-order valence-electron chi connectivity index (χ2n) is 4.44. The Kier molecular flexibility index (Phi) is 3.31. The standard InChI is InChI=1S/C9H17FN2O2/c1-9(2,3)14-8(13)12-7-4-6(10)5-11-7/h6-7,11H,4-5H2,1-3H3,(H,12,13). The normalized spacial score (nSPS) is 27.4. The molecule has 0 bridgehead atoms. The van der Waals surface area contributed by atoms with Crippen molar-refractivity contribution in [2.75, 3.05) is 6.54 Å². The zero-order valence-corrected chi connectivity index (χ0v) is 8.76. The minimum atomic E-state index is -0.880. The number of hydrogen-bond donors (Lipinski definition) is 2. The van der Waals surface area contributed by atoms with Crippen LogP contribution in [0, 0.1) is 0 Å². The van der Waals surface area contributed by atoms with Gasteiger partial charge < -0.3 is 10.1 Å². The average Bonchev–Trinajstić information content (AvgIpc) is 2.30. The first-order chi connectivity index (χ1) is 6.37. The highest BCUT2D eigenvalue weighted by molar-refractivity contribution is 5.68. The van der Waals surface area contributed by atoms with Gasteiger partial charge in [0.05, 0.1) is 6.17 Å². The molecule has 4 nitrogen and oxygen atoms in total. The van der Waals surface area contributed by atoms with E-state index in [-0.39, 0.29) is 6.17 Å². The van der Waals surface area contributed by atoms with Gasteiger partial charge in [-0.2, -0.15) is 0 Å². The second kappa shape index (κ2) is 4.13. The molecule has 82 valence electrons. The van der Waals surface area contributed by atoms with Crippen molar-refractivity contribution in [2.24, 2.45) is 0 Å². The molecule has 0 aromatic heterocycles.